The van der Waals surface area contributed by atoms with Gasteiger partial charge >= 0.3 is 0 Å². The molecule has 0 radical (unpaired) electrons. The molecule has 0 saturated carbocycles. The maximum Gasteiger partial charge on any atom is 0.159 e. The van der Waals surface area contributed by atoms with Gasteiger partial charge in [-0.2, -0.15) is 0 Å². The molecule has 0 fully saturated rings. The Morgan fingerprint density at radius 2 is 1.13 bits per heavy atom. The first-order chi connectivity index (χ1) is 25.8. The Bertz CT molecular complexity index is 3030. The summed E-state index contributed by atoms with van der Waals surface area (Å²) in [5, 5.41) is 6.98. The van der Waals surface area contributed by atoms with E-state index in [1.54, 1.807) is 0 Å². The largest absolute Gasteiger partial charge is 0.456 e. The molecule has 1 atom stereocenters. The smallest absolute Gasteiger partial charge is 0.159 e. The quantitative estimate of drug-likeness (QED) is 0.183. The SMILES string of the molecule is C1=CC(N(c2ccc3oc4ccccc4c3c2)c2cccc3c2oc2ccccc23)CC=C1c1ccccc1-n1c2ccccc2c2ccccc21. The van der Waals surface area contributed by atoms with E-state index in [2.05, 4.69) is 167 Å². The summed E-state index contributed by atoms with van der Waals surface area (Å²) in [7, 11) is 0. The van der Waals surface area contributed by atoms with Gasteiger partial charge in [-0.05, 0) is 66.6 Å². The Morgan fingerprint density at radius 1 is 0.519 bits per heavy atom. The van der Waals surface area contributed by atoms with Crippen LogP contribution in [-0.4, -0.2) is 10.6 Å². The Morgan fingerprint density at radius 3 is 1.88 bits per heavy atom. The fourth-order valence-electron chi connectivity index (χ4n) is 8.39. The van der Waals surface area contributed by atoms with E-state index in [0.717, 1.165) is 61.7 Å². The summed E-state index contributed by atoms with van der Waals surface area (Å²) < 4.78 is 15.3. The van der Waals surface area contributed by atoms with Gasteiger partial charge in [-0.3, -0.25) is 0 Å². The van der Waals surface area contributed by atoms with Crippen LogP contribution in [0, 0.1) is 0 Å². The number of hydrogen-bond acceptors (Lipinski definition) is 3. The van der Waals surface area contributed by atoms with Gasteiger partial charge in [-0.1, -0.05) is 121 Å². The molecule has 7 aromatic carbocycles. The highest BCUT2D eigenvalue weighted by molar-refractivity contribution is 6.11. The summed E-state index contributed by atoms with van der Waals surface area (Å²) in [6, 6.07) is 55.9. The van der Waals surface area contributed by atoms with Crippen molar-refractivity contribution in [2.24, 2.45) is 0 Å². The van der Waals surface area contributed by atoms with Crippen molar-refractivity contribution < 1.29 is 8.83 Å². The lowest BCUT2D eigenvalue weighted by molar-refractivity contribution is 0.664. The first-order valence-corrected chi connectivity index (χ1v) is 17.9. The molecule has 3 heterocycles. The fourth-order valence-corrected chi connectivity index (χ4v) is 8.39. The van der Waals surface area contributed by atoms with E-state index in [9.17, 15) is 0 Å². The van der Waals surface area contributed by atoms with E-state index >= 15 is 0 Å². The maximum atomic E-state index is 6.63. The second kappa shape index (κ2) is 11.4. The van der Waals surface area contributed by atoms with Crippen LogP contribution in [0.25, 0.3) is 76.9 Å². The van der Waals surface area contributed by atoms with Gasteiger partial charge in [0.25, 0.3) is 0 Å². The van der Waals surface area contributed by atoms with Crippen LogP contribution in [0.3, 0.4) is 0 Å². The highest BCUT2D eigenvalue weighted by atomic mass is 16.3. The number of benzene rings is 7. The molecule has 1 aliphatic rings. The molecule has 4 nitrogen and oxygen atoms in total. The topological polar surface area (TPSA) is 34.5 Å². The molecule has 10 aromatic rings. The predicted octanol–water partition coefficient (Wildman–Crippen LogP) is 13.1. The molecule has 11 rings (SSSR count). The van der Waals surface area contributed by atoms with Crippen molar-refractivity contribution in [3.05, 3.63) is 182 Å². The van der Waals surface area contributed by atoms with E-state index in [-0.39, 0.29) is 6.04 Å². The van der Waals surface area contributed by atoms with E-state index in [1.807, 2.05) is 18.2 Å². The summed E-state index contributed by atoms with van der Waals surface area (Å²) in [6.45, 7) is 0. The van der Waals surface area contributed by atoms with E-state index < -0.39 is 0 Å². The van der Waals surface area contributed by atoms with Crippen LogP contribution in [0.2, 0.25) is 0 Å². The van der Waals surface area contributed by atoms with Crippen LogP contribution >= 0.6 is 0 Å². The number of nitrogens with zero attached hydrogens (tertiary/aromatic N) is 2. The van der Waals surface area contributed by atoms with Crippen molar-refractivity contribution in [2.75, 3.05) is 4.90 Å². The highest BCUT2D eigenvalue weighted by Crippen LogP contribution is 2.43. The molecule has 52 heavy (non-hydrogen) atoms. The minimum Gasteiger partial charge on any atom is -0.456 e. The third-order valence-corrected chi connectivity index (χ3v) is 10.7. The van der Waals surface area contributed by atoms with Crippen LogP contribution in [-0.2, 0) is 0 Å². The number of rotatable bonds is 5. The Balaban J connectivity index is 1.05. The molecule has 0 spiro atoms. The third-order valence-electron chi connectivity index (χ3n) is 10.7. The van der Waals surface area contributed by atoms with Crippen LogP contribution in [0.4, 0.5) is 11.4 Å². The highest BCUT2D eigenvalue weighted by Gasteiger charge is 2.26. The van der Waals surface area contributed by atoms with Crippen LogP contribution in [0.15, 0.2) is 185 Å². The molecule has 4 heteroatoms. The van der Waals surface area contributed by atoms with Crippen molar-refractivity contribution in [3.8, 4) is 5.69 Å². The van der Waals surface area contributed by atoms with Gasteiger partial charge in [0, 0.05) is 43.6 Å². The van der Waals surface area contributed by atoms with Gasteiger partial charge in [0.2, 0.25) is 0 Å². The molecule has 1 aliphatic carbocycles. The van der Waals surface area contributed by atoms with Crippen LogP contribution in [0.1, 0.15) is 12.0 Å². The Labute approximate surface area is 299 Å². The number of aromatic nitrogens is 1. The summed E-state index contributed by atoms with van der Waals surface area (Å²) >= 11 is 0. The molecule has 0 saturated heterocycles. The molecule has 0 aliphatic heterocycles. The molecule has 246 valence electrons. The van der Waals surface area contributed by atoms with Gasteiger partial charge in [0.15, 0.2) is 5.58 Å². The number of hydrogen-bond donors (Lipinski definition) is 0. The van der Waals surface area contributed by atoms with E-state index in [0.29, 0.717) is 0 Å². The van der Waals surface area contributed by atoms with Crippen molar-refractivity contribution in [3.63, 3.8) is 0 Å². The minimum atomic E-state index is 0.0404. The molecule has 3 aromatic heterocycles. The summed E-state index contributed by atoms with van der Waals surface area (Å²) in [6.07, 6.45) is 7.87. The second-order valence-corrected chi connectivity index (χ2v) is 13.6. The lowest BCUT2D eigenvalue weighted by atomic mass is 9.94. The molecular weight excluding hydrogens is 637 g/mol. The number of fused-ring (bicyclic) bond motifs is 9. The average molecular weight is 669 g/mol. The Kier molecular flexibility index (Phi) is 6.34. The Hall–Kier alpha value is -6.78. The summed E-state index contributed by atoms with van der Waals surface area (Å²) in [5.41, 5.74) is 11.7. The van der Waals surface area contributed by atoms with Crippen LogP contribution < -0.4 is 4.90 Å². The zero-order valence-corrected chi connectivity index (χ0v) is 28.2. The summed E-state index contributed by atoms with van der Waals surface area (Å²) in [4.78, 5) is 2.44. The minimum absolute atomic E-state index is 0.0404. The predicted molar refractivity (Wildman–Crippen MR) is 216 cm³/mol. The van der Waals surface area contributed by atoms with Crippen molar-refractivity contribution in [1.29, 1.82) is 0 Å². The number of allylic oxidation sites excluding steroid dienone is 2. The van der Waals surface area contributed by atoms with Gasteiger partial charge < -0.3 is 18.3 Å². The average Bonchev–Trinajstić information content (AvgIpc) is 3.88. The van der Waals surface area contributed by atoms with E-state index in [4.69, 9.17) is 8.83 Å². The second-order valence-electron chi connectivity index (χ2n) is 13.6. The van der Waals surface area contributed by atoms with Crippen molar-refractivity contribution >= 4 is 82.6 Å². The zero-order chi connectivity index (χ0) is 34.2. The van der Waals surface area contributed by atoms with Gasteiger partial charge in [0.1, 0.15) is 16.7 Å². The van der Waals surface area contributed by atoms with Gasteiger partial charge in [0.05, 0.1) is 28.5 Å². The first-order valence-electron chi connectivity index (χ1n) is 17.9. The molecule has 0 N–H and O–H groups in total. The first kappa shape index (κ1) is 29.0. The zero-order valence-electron chi connectivity index (χ0n) is 28.2. The maximum absolute atomic E-state index is 6.63. The summed E-state index contributed by atoms with van der Waals surface area (Å²) in [5.74, 6) is 0. The standard InChI is InChI=1S/C48H32N2O2/c1-6-18-41(50-42-19-7-2-13-35(42)36-14-3-8-20-43(36)50)34(12-1)31-24-26-32(27-25-31)49(33-28-29-47-40(30-33)38-16-5-9-22-45(38)51-47)44-21-11-17-39-37-15-4-10-23-46(37)52-48(39)44/h1-26,28-30,32H,27H2. The number of anilines is 2. The molecule has 0 amide bonds. The normalized spacial score (nSPS) is 14.7. The monoisotopic (exact) mass is 668 g/mol. The number of furan rings is 2. The third kappa shape index (κ3) is 4.34. The number of para-hydroxylation sites is 6. The fraction of sp³-hybridized carbons (Fsp3) is 0.0417. The van der Waals surface area contributed by atoms with E-state index in [1.165, 1.54) is 38.6 Å². The van der Waals surface area contributed by atoms with Crippen molar-refractivity contribution in [1.82, 2.24) is 4.57 Å². The van der Waals surface area contributed by atoms with Gasteiger partial charge in [-0.15, -0.1) is 0 Å². The molecule has 1 unspecified atom stereocenters. The van der Waals surface area contributed by atoms with Crippen LogP contribution in [0.5, 0.6) is 0 Å². The molecular formula is C48H32N2O2. The van der Waals surface area contributed by atoms with Gasteiger partial charge in [-0.25, -0.2) is 0 Å². The lowest BCUT2D eigenvalue weighted by Gasteiger charge is -2.33. The molecule has 0 bridgehead atoms. The van der Waals surface area contributed by atoms with Crippen molar-refractivity contribution in [2.45, 2.75) is 12.5 Å². The lowest BCUT2D eigenvalue weighted by Crippen LogP contribution is -2.30.